The molecule has 0 bridgehead atoms. The van der Waals surface area contributed by atoms with Crippen LogP contribution in [0.2, 0.25) is 0 Å². The SMILES string of the molecule is Cc1csc(CNC(=O)c2ccc3c(c2)CCN3S(C)(=O)=O)n1. The molecule has 8 heteroatoms. The van der Waals surface area contributed by atoms with Gasteiger partial charge >= 0.3 is 0 Å². The van der Waals surface area contributed by atoms with E-state index in [-0.39, 0.29) is 5.91 Å². The second-order valence-corrected chi connectivity index (χ2v) is 8.34. The average Bonchev–Trinajstić information content (AvgIpc) is 3.09. The fraction of sp³-hybridized carbons (Fsp3) is 0.333. The van der Waals surface area contributed by atoms with E-state index in [1.54, 1.807) is 18.2 Å². The molecule has 1 N–H and O–H groups in total. The number of aryl methyl sites for hydroxylation is 1. The second kappa shape index (κ2) is 5.93. The van der Waals surface area contributed by atoms with Gasteiger partial charge in [-0.25, -0.2) is 13.4 Å². The van der Waals surface area contributed by atoms with Crippen molar-refractivity contribution < 1.29 is 13.2 Å². The average molecular weight is 351 g/mol. The van der Waals surface area contributed by atoms with E-state index in [1.807, 2.05) is 12.3 Å². The van der Waals surface area contributed by atoms with Gasteiger partial charge in [-0.05, 0) is 37.1 Å². The van der Waals surface area contributed by atoms with Crippen LogP contribution in [0.5, 0.6) is 0 Å². The number of nitrogens with one attached hydrogen (secondary N) is 1. The van der Waals surface area contributed by atoms with Crippen LogP contribution in [0.15, 0.2) is 23.6 Å². The number of sulfonamides is 1. The Kier molecular flexibility index (Phi) is 4.11. The first kappa shape index (κ1) is 15.9. The number of amides is 1. The fourth-order valence-electron chi connectivity index (χ4n) is 2.60. The largest absolute Gasteiger partial charge is 0.346 e. The van der Waals surface area contributed by atoms with Crippen LogP contribution in [-0.2, 0) is 23.0 Å². The molecule has 1 aliphatic rings. The van der Waals surface area contributed by atoms with Gasteiger partial charge in [-0.2, -0.15) is 0 Å². The van der Waals surface area contributed by atoms with Crippen molar-refractivity contribution in [3.05, 3.63) is 45.4 Å². The van der Waals surface area contributed by atoms with Crippen molar-refractivity contribution in [3.63, 3.8) is 0 Å². The third-order valence-electron chi connectivity index (χ3n) is 3.66. The summed E-state index contributed by atoms with van der Waals surface area (Å²) in [6.45, 7) is 2.73. The van der Waals surface area contributed by atoms with Gasteiger partial charge in [0.1, 0.15) is 5.01 Å². The molecular weight excluding hydrogens is 334 g/mol. The van der Waals surface area contributed by atoms with Crippen molar-refractivity contribution in [1.29, 1.82) is 0 Å². The number of nitrogens with zero attached hydrogens (tertiary/aromatic N) is 2. The minimum Gasteiger partial charge on any atom is -0.346 e. The number of benzene rings is 1. The Labute approximate surface area is 139 Å². The lowest BCUT2D eigenvalue weighted by Gasteiger charge is -2.16. The van der Waals surface area contributed by atoms with Gasteiger partial charge in [0.2, 0.25) is 10.0 Å². The first-order chi connectivity index (χ1) is 10.8. The number of anilines is 1. The van der Waals surface area contributed by atoms with Gasteiger partial charge in [-0.1, -0.05) is 0 Å². The van der Waals surface area contributed by atoms with Gasteiger partial charge in [0, 0.05) is 23.2 Å². The number of fused-ring (bicyclic) bond motifs is 1. The third-order valence-corrected chi connectivity index (χ3v) is 5.81. The predicted molar refractivity (Wildman–Crippen MR) is 90.4 cm³/mol. The van der Waals surface area contributed by atoms with Crippen LogP contribution in [0.1, 0.15) is 26.6 Å². The number of thiazole rings is 1. The summed E-state index contributed by atoms with van der Waals surface area (Å²) in [5.74, 6) is -0.182. The Morgan fingerprint density at radius 1 is 1.43 bits per heavy atom. The zero-order chi connectivity index (χ0) is 16.6. The van der Waals surface area contributed by atoms with Crippen LogP contribution >= 0.6 is 11.3 Å². The molecule has 122 valence electrons. The van der Waals surface area contributed by atoms with E-state index < -0.39 is 10.0 Å². The molecule has 0 aliphatic carbocycles. The van der Waals surface area contributed by atoms with E-state index in [1.165, 1.54) is 21.9 Å². The van der Waals surface area contributed by atoms with Crippen LogP contribution in [0.4, 0.5) is 5.69 Å². The van der Waals surface area contributed by atoms with Crippen LogP contribution in [0.25, 0.3) is 0 Å². The van der Waals surface area contributed by atoms with E-state index in [4.69, 9.17) is 0 Å². The molecule has 0 saturated carbocycles. The number of aromatic nitrogens is 1. The van der Waals surface area contributed by atoms with E-state index in [2.05, 4.69) is 10.3 Å². The van der Waals surface area contributed by atoms with Gasteiger partial charge in [0.25, 0.3) is 5.91 Å². The number of rotatable bonds is 4. The first-order valence-corrected chi connectivity index (χ1v) is 9.87. The summed E-state index contributed by atoms with van der Waals surface area (Å²) in [5.41, 5.74) is 3.03. The number of hydrogen-bond donors (Lipinski definition) is 1. The molecule has 1 aliphatic heterocycles. The molecule has 3 rings (SSSR count). The lowest BCUT2D eigenvalue weighted by Crippen LogP contribution is -2.27. The Morgan fingerprint density at radius 3 is 2.87 bits per heavy atom. The van der Waals surface area contributed by atoms with E-state index in [0.717, 1.165) is 16.3 Å². The molecule has 23 heavy (non-hydrogen) atoms. The molecule has 1 aromatic carbocycles. The summed E-state index contributed by atoms with van der Waals surface area (Å²) in [6.07, 6.45) is 1.81. The van der Waals surface area contributed by atoms with Crippen LogP contribution in [0.3, 0.4) is 0 Å². The molecule has 2 aromatic rings. The van der Waals surface area contributed by atoms with Crippen LogP contribution < -0.4 is 9.62 Å². The summed E-state index contributed by atoms with van der Waals surface area (Å²) in [7, 11) is -3.27. The molecule has 1 amide bonds. The summed E-state index contributed by atoms with van der Waals surface area (Å²) in [4.78, 5) is 16.5. The van der Waals surface area contributed by atoms with Gasteiger partial charge in [-0.15, -0.1) is 11.3 Å². The molecule has 0 atom stereocenters. The van der Waals surface area contributed by atoms with Crippen molar-refractivity contribution >= 4 is 33.0 Å². The topological polar surface area (TPSA) is 79.4 Å². The Morgan fingerprint density at radius 2 is 2.22 bits per heavy atom. The maximum absolute atomic E-state index is 12.2. The van der Waals surface area contributed by atoms with Crippen molar-refractivity contribution in [1.82, 2.24) is 10.3 Å². The maximum Gasteiger partial charge on any atom is 0.251 e. The molecule has 1 aromatic heterocycles. The molecule has 0 fully saturated rings. The van der Waals surface area contributed by atoms with Gasteiger partial charge < -0.3 is 5.32 Å². The molecule has 0 saturated heterocycles. The summed E-state index contributed by atoms with van der Waals surface area (Å²) < 4.78 is 24.8. The van der Waals surface area contributed by atoms with Crippen LogP contribution in [-0.4, -0.2) is 32.1 Å². The second-order valence-electron chi connectivity index (χ2n) is 5.49. The molecule has 2 heterocycles. The number of carbonyl (C=O) groups excluding carboxylic acids is 1. The van der Waals surface area contributed by atoms with E-state index in [9.17, 15) is 13.2 Å². The van der Waals surface area contributed by atoms with Crippen LogP contribution in [0, 0.1) is 6.92 Å². The molecular formula is C15H17N3O3S2. The minimum absolute atomic E-state index is 0.182. The zero-order valence-corrected chi connectivity index (χ0v) is 14.5. The quantitative estimate of drug-likeness (QED) is 0.909. The number of carbonyl (C=O) groups is 1. The molecule has 0 radical (unpaired) electrons. The fourth-order valence-corrected chi connectivity index (χ4v) is 4.27. The van der Waals surface area contributed by atoms with E-state index >= 15 is 0 Å². The highest BCUT2D eigenvalue weighted by atomic mass is 32.2. The normalized spacial score (nSPS) is 13.9. The number of hydrogen-bond acceptors (Lipinski definition) is 5. The third kappa shape index (κ3) is 3.37. The summed E-state index contributed by atoms with van der Waals surface area (Å²) in [6, 6.07) is 5.12. The van der Waals surface area contributed by atoms with Gasteiger partial charge in [-0.3, -0.25) is 9.10 Å². The monoisotopic (exact) mass is 351 g/mol. The highest BCUT2D eigenvalue weighted by molar-refractivity contribution is 7.92. The van der Waals surface area contributed by atoms with Crippen molar-refractivity contribution in [2.45, 2.75) is 19.9 Å². The van der Waals surface area contributed by atoms with Crippen molar-refractivity contribution in [3.8, 4) is 0 Å². The van der Waals surface area contributed by atoms with E-state index in [0.29, 0.717) is 30.8 Å². The highest BCUT2D eigenvalue weighted by Gasteiger charge is 2.26. The summed E-state index contributed by atoms with van der Waals surface area (Å²) in [5, 5.41) is 5.64. The molecule has 6 nitrogen and oxygen atoms in total. The molecule has 0 spiro atoms. The first-order valence-electron chi connectivity index (χ1n) is 7.14. The summed E-state index contributed by atoms with van der Waals surface area (Å²) >= 11 is 1.51. The van der Waals surface area contributed by atoms with Gasteiger partial charge in [0.15, 0.2) is 0 Å². The molecule has 0 unspecified atom stereocenters. The lowest BCUT2D eigenvalue weighted by molar-refractivity contribution is 0.0951. The predicted octanol–water partition coefficient (Wildman–Crippen LogP) is 1.70. The zero-order valence-electron chi connectivity index (χ0n) is 12.9. The van der Waals surface area contributed by atoms with Gasteiger partial charge in [0.05, 0.1) is 18.5 Å². The van der Waals surface area contributed by atoms with Crippen molar-refractivity contribution in [2.24, 2.45) is 0 Å². The highest BCUT2D eigenvalue weighted by Crippen LogP contribution is 2.30. The minimum atomic E-state index is -3.27. The Hall–Kier alpha value is -1.93. The standard InChI is InChI=1S/C15H17N3O3S2/c1-10-9-22-14(17-10)8-16-15(19)12-3-4-13-11(7-12)5-6-18(13)23(2,20)21/h3-4,7,9H,5-6,8H2,1-2H3,(H,16,19). The Bertz CT molecular complexity index is 859. The lowest BCUT2D eigenvalue weighted by atomic mass is 10.1. The smallest absolute Gasteiger partial charge is 0.251 e. The maximum atomic E-state index is 12.2. The Balaban J connectivity index is 1.73. The van der Waals surface area contributed by atoms with Crippen molar-refractivity contribution in [2.75, 3.05) is 17.1 Å².